The predicted octanol–water partition coefficient (Wildman–Crippen LogP) is 1.59. The lowest BCUT2D eigenvalue weighted by Gasteiger charge is -2.04. The molecule has 2 rings (SSSR count). The molecule has 0 aliphatic carbocycles. The van der Waals surface area contributed by atoms with E-state index in [1.165, 1.54) is 5.69 Å². The van der Waals surface area contributed by atoms with Crippen molar-refractivity contribution in [2.45, 2.75) is 12.3 Å². The van der Waals surface area contributed by atoms with Crippen LogP contribution >= 0.6 is 22.9 Å². The predicted molar refractivity (Wildman–Crippen MR) is 49.8 cm³/mol. The van der Waals surface area contributed by atoms with E-state index < -0.39 is 0 Å². The van der Waals surface area contributed by atoms with Gasteiger partial charge in [0.05, 0.1) is 41.4 Å². The van der Waals surface area contributed by atoms with E-state index >= 15 is 0 Å². The summed E-state index contributed by atoms with van der Waals surface area (Å²) in [5.41, 5.74) is 1.28. The maximum Gasteiger partial charge on any atom is 0.0846 e. The van der Waals surface area contributed by atoms with Crippen LogP contribution in [0.1, 0.15) is 18.0 Å². The quantitative estimate of drug-likeness (QED) is 0.720. The fraction of sp³-hybridized carbons (Fsp3) is 0.571. The van der Waals surface area contributed by atoms with Crippen LogP contribution in [0.3, 0.4) is 0 Å². The molecule has 0 saturated carbocycles. The minimum absolute atomic E-state index is 0.564. The molecule has 0 bridgehead atoms. The monoisotopic (exact) mass is 264 g/mol. The summed E-state index contributed by atoms with van der Waals surface area (Å²) < 4.78 is 7.19. The first-order valence-electron chi connectivity index (χ1n) is 3.66. The van der Waals surface area contributed by atoms with Crippen molar-refractivity contribution in [1.29, 1.82) is 0 Å². The van der Waals surface area contributed by atoms with Crippen molar-refractivity contribution in [3.05, 3.63) is 18.0 Å². The van der Waals surface area contributed by atoms with Crippen LogP contribution in [0.15, 0.2) is 12.3 Å². The summed E-state index contributed by atoms with van der Waals surface area (Å²) in [5, 5.41) is 4.11. The smallest absolute Gasteiger partial charge is 0.0846 e. The highest BCUT2D eigenvalue weighted by Crippen LogP contribution is 2.25. The summed E-state index contributed by atoms with van der Waals surface area (Å²) in [5.74, 6) is 0.564. The molecule has 4 heteroatoms. The third-order valence-electron chi connectivity index (χ3n) is 1.97. The third-order valence-corrected chi connectivity index (χ3v) is 2.78. The molecule has 60 valence electrons. The van der Waals surface area contributed by atoms with E-state index in [0.29, 0.717) is 5.92 Å². The minimum atomic E-state index is 0.564. The first-order chi connectivity index (χ1) is 5.38. The normalized spacial score (nSPS) is 24.3. The maximum absolute atomic E-state index is 5.29. The van der Waals surface area contributed by atoms with Crippen LogP contribution in [0.4, 0.5) is 0 Å². The third kappa shape index (κ3) is 1.41. The van der Waals surface area contributed by atoms with Crippen LogP contribution in [0.25, 0.3) is 0 Å². The Balaban J connectivity index is 2.21. The van der Waals surface area contributed by atoms with E-state index in [0.717, 1.165) is 19.6 Å². The number of halogens is 1. The Kier molecular flexibility index (Phi) is 2.13. The van der Waals surface area contributed by atoms with E-state index in [1.807, 2.05) is 9.09 Å². The molecule has 1 saturated heterocycles. The summed E-state index contributed by atoms with van der Waals surface area (Å²) in [7, 11) is 0. The molecule has 1 unspecified atom stereocenters. The second-order valence-corrected chi connectivity index (χ2v) is 3.59. The lowest BCUT2D eigenvalue weighted by atomic mass is 10.1. The van der Waals surface area contributed by atoms with E-state index in [1.54, 1.807) is 0 Å². The van der Waals surface area contributed by atoms with Gasteiger partial charge in [-0.2, -0.15) is 5.10 Å². The van der Waals surface area contributed by atoms with Gasteiger partial charge in [0.15, 0.2) is 0 Å². The molecule has 0 aromatic carbocycles. The van der Waals surface area contributed by atoms with Gasteiger partial charge in [-0.05, 0) is 12.5 Å². The Morgan fingerprint density at radius 2 is 2.64 bits per heavy atom. The zero-order valence-electron chi connectivity index (χ0n) is 6.03. The molecular weight excluding hydrogens is 255 g/mol. The molecule has 1 aliphatic heterocycles. The fourth-order valence-electron chi connectivity index (χ4n) is 1.35. The van der Waals surface area contributed by atoms with Crippen molar-refractivity contribution in [3.8, 4) is 0 Å². The molecule has 3 nitrogen and oxygen atoms in total. The second-order valence-electron chi connectivity index (χ2n) is 2.68. The van der Waals surface area contributed by atoms with Crippen molar-refractivity contribution in [2.75, 3.05) is 13.2 Å². The van der Waals surface area contributed by atoms with Crippen LogP contribution in [0.5, 0.6) is 0 Å². The van der Waals surface area contributed by atoms with Gasteiger partial charge in [0, 0.05) is 12.5 Å². The highest BCUT2D eigenvalue weighted by Gasteiger charge is 2.20. The second kappa shape index (κ2) is 3.10. The average Bonchev–Trinajstić information content (AvgIpc) is 2.55. The lowest BCUT2D eigenvalue weighted by Crippen LogP contribution is -2.01. The summed E-state index contributed by atoms with van der Waals surface area (Å²) >= 11 is 2.20. The van der Waals surface area contributed by atoms with Crippen LogP contribution in [0.2, 0.25) is 0 Å². The Bertz CT molecular complexity index is 242. The zero-order valence-corrected chi connectivity index (χ0v) is 8.19. The van der Waals surface area contributed by atoms with Crippen molar-refractivity contribution >= 4 is 22.9 Å². The standard InChI is InChI=1S/C7H9IN2O/c8-10-7(1-3-9-10)6-2-4-11-5-6/h1,3,6H,2,4-5H2. The number of hydrogen-bond donors (Lipinski definition) is 0. The molecule has 11 heavy (non-hydrogen) atoms. The molecular formula is C7H9IN2O. The van der Waals surface area contributed by atoms with Gasteiger partial charge in [-0.25, -0.2) is 2.90 Å². The summed E-state index contributed by atoms with van der Waals surface area (Å²) in [6, 6.07) is 2.06. The Morgan fingerprint density at radius 1 is 1.73 bits per heavy atom. The van der Waals surface area contributed by atoms with E-state index in [2.05, 4.69) is 34.0 Å². The molecule has 0 spiro atoms. The van der Waals surface area contributed by atoms with Gasteiger partial charge in [-0.15, -0.1) is 0 Å². The highest BCUT2D eigenvalue weighted by atomic mass is 127. The van der Waals surface area contributed by atoms with Crippen LogP contribution in [-0.2, 0) is 4.74 Å². The largest absolute Gasteiger partial charge is 0.381 e. The van der Waals surface area contributed by atoms with Gasteiger partial charge in [-0.3, -0.25) is 0 Å². The summed E-state index contributed by atoms with van der Waals surface area (Å²) in [6.45, 7) is 1.75. The SMILES string of the molecule is In1nccc1C1CCOC1. The molecule has 1 aromatic rings. The Labute approximate surface area is 79.2 Å². The molecule has 0 amide bonds. The summed E-state index contributed by atoms with van der Waals surface area (Å²) in [4.78, 5) is 0. The fourth-order valence-corrected chi connectivity index (χ4v) is 2.05. The van der Waals surface area contributed by atoms with Gasteiger partial charge in [-0.1, -0.05) is 0 Å². The van der Waals surface area contributed by atoms with Crippen LogP contribution in [-0.4, -0.2) is 21.2 Å². The first-order valence-corrected chi connectivity index (χ1v) is 4.62. The van der Waals surface area contributed by atoms with E-state index in [9.17, 15) is 0 Å². The molecule has 1 aromatic heterocycles. The van der Waals surface area contributed by atoms with Crippen molar-refractivity contribution in [1.82, 2.24) is 7.99 Å². The van der Waals surface area contributed by atoms with Crippen LogP contribution < -0.4 is 0 Å². The molecule has 0 radical (unpaired) electrons. The molecule has 2 heterocycles. The van der Waals surface area contributed by atoms with E-state index in [4.69, 9.17) is 4.74 Å². The van der Waals surface area contributed by atoms with Gasteiger partial charge < -0.3 is 4.74 Å². The first kappa shape index (κ1) is 7.54. The van der Waals surface area contributed by atoms with Crippen LogP contribution in [0, 0.1) is 0 Å². The number of nitrogens with zero attached hydrogens (tertiary/aromatic N) is 2. The molecule has 1 atom stereocenters. The lowest BCUT2D eigenvalue weighted by molar-refractivity contribution is 0.193. The highest BCUT2D eigenvalue weighted by molar-refractivity contribution is 14.1. The molecule has 0 N–H and O–H groups in total. The van der Waals surface area contributed by atoms with Crippen molar-refractivity contribution < 1.29 is 4.74 Å². The maximum atomic E-state index is 5.29. The average molecular weight is 264 g/mol. The number of hydrogen-bond acceptors (Lipinski definition) is 2. The Morgan fingerprint density at radius 3 is 3.18 bits per heavy atom. The summed E-state index contributed by atoms with van der Waals surface area (Å²) in [6.07, 6.45) is 2.97. The topological polar surface area (TPSA) is 27.1 Å². The zero-order chi connectivity index (χ0) is 7.68. The number of rotatable bonds is 1. The van der Waals surface area contributed by atoms with Gasteiger partial charge in [0.1, 0.15) is 0 Å². The number of aromatic nitrogens is 2. The minimum Gasteiger partial charge on any atom is -0.381 e. The van der Waals surface area contributed by atoms with Gasteiger partial charge in [0.2, 0.25) is 0 Å². The molecule has 1 aliphatic rings. The van der Waals surface area contributed by atoms with Gasteiger partial charge >= 0.3 is 0 Å². The van der Waals surface area contributed by atoms with E-state index in [-0.39, 0.29) is 0 Å². The van der Waals surface area contributed by atoms with Crippen molar-refractivity contribution in [2.24, 2.45) is 0 Å². The molecule has 1 fully saturated rings. The van der Waals surface area contributed by atoms with Gasteiger partial charge in [0.25, 0.3) is 0 Å². The van der Waals surface area contributed by atoms with Crippen molar-refractivity contribution in [3.63, 3.8) is 0 Å². The number of ether oxygens (including phenoxy) is 1. The Hall–Kier alpha value is -0.100.